The summed E-state index contributed by atoms with van der Waals surface area (Å²) < 4.78 is 0. The van der Waals surface area contributed by atoms with Gasteiger partial charge in [0.1, 0.15) is 0 Å². The molecule has 0 fully saturated rings. The molecule has 0 saturated carbocycles. The van der Waals surface area contributed by atoms with Crippen LogP contribution < -0.4 is 10.6 Å². The van der Waals surface area contributed by atoms with E-state index in [4.69, 9.17) is 12.2 Å². The number of aryl methyl sites for hydroxylation is 1. The molecule has 0 bridgehead atoms. The van der Waals surface area contributed by atoms with Gasteiger partial charge in [0.05, 0.1) is 0 Å². The van der Waals surface area contributed by atoms with Gasteiger partial charge in [0, 0.05) is 12.2 Å². The van der Waals surface area contributed by atoms with Crippen LogP contribution in [-0.2, 0) is 12.8 Å². The van der Waals surface area contributed by atoms with Crippen molar-refractivity contribution in [1.29, 1.82) is 0 Å². The number of rotatable bonds is 4. The molecule has 1 aliphatic rings. The quantitative estimate of drug-likeness (QED) is 0.640. The summed E-state index contributed by atoms with van der Waals surface area (Å²) in [7, 11) is 0. The molecule has 3 heteroatoms. The fourth-order valence-corrected chi connectivity index (χ4v) is 2.66. The Morgan fingerprint density at radius 1 is 1.28 bits per heavy atom. The normalized spacial score (nSPS) is 13.8. The van der Waals surface area contributed by atoms with Crippen LogP contribution in [0.5, 0.6) is 0 Å². The number of thiocarbonyl (C=S) groups is 1. The van der Waals surface area contributed by atoms with Crippen molar-refractivity contribution in [1.82, 2.24) is 5.32 Å². The van der Waals surface area contributed by atoms with E-state index >= 15 is 0 Å². The molecule has 1 aliphatic carbocycles. The van der Waals surface area contributed by atoms with Gasteiger partial charge in [-0.15, -0.1) is 0 Å². The average Bonchev–Trinajstić information content (AvgIpc) is 2.39. The van der Waals surface area contributed by atoms with Crippen LogP contribution in [0.1, 0.15) is 43.7 Å². The first kappa shape index (κ1) is 13.3. The Morgan fingerprint density at radius 2 is 2.11 bits per heavy atom. The lowest BCUT2D eigenvalue weighted by atomic mass is 9.90. The van der Waals surface area contributed by atoms with E-state index < -0.39 is 0 Å². The van der Waals surface area contributed by atoms with Crippen molar-refractivity contribution in [2.75, 3.05) is 11.9 Å². The topological polar surface area (TPSA) is 24.1 Å². The van der Waals surface area contributed by atoms with E-state index in [9.17, 15) is 0 Å². The molecule has 0 amide bonds. The summed E-state index contributed by atoms with van der Waals surface area (Å²) in [5.74, 6) is 0. The molecule has 98 valence electrons. The van der Waals surface area contributed by atoms with Crippen LogP contribution in [0.3, 0.4) is 0 Å². The molecule has 0 atom stereocenters. The minimum absolute atomic E-state index is 0.752. The molecule has 2 nitrogen and oxygen atoms in total. The van der Waals surface area contributed by atoms with Crippen molar-refractivity contribution in [3.05, 3.63) is 29.3 Å². The molecule has 0 aromatic heterocycles. The summed E-state index contributed by atoms with van der Waals surface area (Å²) in [6, 6.07) is 6.51. The van der Waals surface area contributed by atoms with Gasteiger partial charge in [0.2, 0.25) is 0 Å². The van der Waals surface area contributed by atoms with E-state index in [-0.39, 0.29) is 0 Å². The summed E-state index contributed by atoms with van der Waals surface area (Å²) in [4.78, 5) is 0. The second-order valence-corrected chi connectivity index (χ2v) is 5.29. The number of hydrogen-bond donors (Lipinski definition) is 2. The van der Waals surface area contributed by atoms with Crippen LogP contribution in [0.4, 0.5) is 5.69 Å². The van der Waals surface area contributed by atoms with Crippen LogP contribution in [0.25, 0.3) is 0 Å². The Hall–Kier alpha value is -1.09. The minimum Gasteiger partial charge on any atom is -0.362 e. The van der Waals surface area contributed by atoms with Crippen LogP contribution in [0.2, 0.25) is 0 Å². The number of fused-ring (bicyclic) bond motifs is 1. The first-order valence-electron chi connectivity index (χ1n) is 6.97. The van der Waals surface area contributed by atoms with E-state index in [1.165, 1.54) is 48.9 Å². The number of benzene rings is 1. The van der Waals surface area contributed by atoms with Crippen LogP contribution in [0.15, 0.2) is 18.2 Å². The standard InChI is InChI=1S/C15H22N2S/c1-2-3-11-16-15(18)17-14-10-6-8-12-7-4-5-9-13(12)14/h6,8,10H,2-5,7,9,11H2,1H3,(H2,16,17,18). The van der Waals surface area contributed by atoms with Gasteiger partial charge in [-0.3, -0.25) is 0 Å². The third-order valence-corrected chi connectivity index (χ3v) is 3.71. The van der Waals surface area contributed by atoms with E-state index in [0.29, 0.717) is 0 Å². The van der Waals surface area contributed by atoms with Gasteiger partial charge in [-0.25, -0.2) is 0 Å². The Labute approximate surface area is 115 Å². The first-order chi connectivity index (χ1) is 8.81. The molecule has 0 heterocycles. The van der Waals surface area contributed by atoms with E-state index in [0.717, 1.165) is 18.1 Å². The van der Waals surface area contributed by atoms with Crippen molar-refractivity contribution >= 4 is 23.0 Å². The van der Waals surface area contributed by atoms with Gasteiger partial charge in [0.25, 0.3) is 0 Å². The zero-order valence-electron chi connectivity index (χ0n) is 11.1. The maximum absolute atomic E-state index is 5.33. The molecular formula is C15H22N2S. The van der Waals surface area contributed by atoms with E-state index in [1.807, 2.05) is 0 Å². The number of anilines is 1. The number of hydrogen-bond acceptors (Lipinski definition) is 1. The van der Waals surface area contributed by atoms with Gasteiger partial charge < -0.3 is 10.6 Å². The molecule has 0 spiro atoms. The molecule has 1 aromatic carbocycles. The van der Waals surface area contributed by atoms with Gasteiger partial charge in [0.15, 0.2) is 5.11 Å². The SMILES string of the molecule is CCCCNC(=S)Nc1cccc2c1CCCC2. The van der Waals surface area contributed by atoms with Gasteiger partial charge >= 0.3 is 0 Å². The highest BCUT2D eigenvalue weighted by Crippen LogP contribution is 2.27. The summed E-state index contributed by atoms with van der Waals surface area (Å²) >= 11 is 5.33. The fourth-order valence-electron chi connectivity index (χ4n) is 2.44. The highest BCUT2D eigenvalue weighted by atomic mass is 32.1. The van der Waals surface area contributed by atoms with E-state index in [2.05, 4.69) is 35.8 Å². The number of unbranched alkanes of at least 4 members (excludes halogenated alkanes) is 1. The predicted molar refractivity (Wildman–Crippen MR) is 82.2 cm³/mol. The maximum atomic E-state index is 5.33. The predicted octanol–water partition coefficient (Wildman–Crippen LogP) is 3.65. The summed E-state index contributed by atoms with van der Waals surface area (Å²) in [6.45, 7) is 3.14. The second-order valence-electron chi connectivity index (χ2n) is 4.88. The summed E-state index contributed by atoms with van der Waals surface area (Å²) in [6.07, 6.45) is 7.35. The van der Waals surface area contributed by atoms with Crippen molar-refractivity contribution in [3.8, 4) is 0 Å². The molecular weight excluding hydrogens is 240 g/mol. The molecule has 0 aliphatic heterocycles. The highest BCUT2D eigenvalue weighted by Gasteiger charge is 2.13. The smallest absolute Gasteiger partial charge is 0.170 e. The molecule has 0 unspecified atom stereocenters. The van der Waals surface area contributed by atoms with Gasteiger partial charge in [-0.2, -0.15) is 0 Å². The number of nitrogens with one attached hydrogen (secondary N) is 2. The molecule has 0 radical (unpaired) electrons. The van der Waals surface area contributed by atoms with Crippen LogP contribution in [-0.4, -0.2) is 11.7 Å². The lowest BCUT2D eigenvalue weighted by molar-refractivity contribution is 0.687. The van der Waals surface area contributed by atoms with Crippen LogP contribution >= 0.6 is 12.2 Å². The Balaban J connectivity index is 1.98. The molecule has 2 N–H and O–H groups in total. The summed E-state index contributed by atoms with van der Waals surface area (Å²) in [5, 5.41) is 7.36. The highest BCUT2D eigenvalue weighted by molar-refractivity contribution is 7.80. The Kier molecular flexibility index (Phi) is 5.00. The largest absolute Gasteiger partial charge is 0.362 e. The van der Waals surface area contributed by atoms with Crippen molar-refractivity contribution in [3.63, 3.8) is 0 Å². The summed E-state index contributed by atoms with van der Waals surface area (Å²) in [5.41, 5.74) is 4.15. The molecule has 18 heavy (non-hydrogen) atoms. The molecule has 1 aromatic rings. The third kappa shape index (κ3) is 3.45. The lowest BCUT2D eigenvalue weighted by Gasteiger charge is -2.20. The van der Waals surface area contributed by atoms with Crippen molar-refractivity contribution in [2.45, 2.75) is 45.4 Å². The zero-order chi connectivity index (χ0) is 12.8. The van der Waals surface area contributed by atoms with Crippen molar-refractivity contribution in [2.24, 2.45) is 0 Å². The maximum Gasteiger partial charge on any atom is 0.170 e. The second kappa shape index (κ2) is 6.74. The zero-order valence-corrected chi connectivity index (χ0v) is 11.9. The Morgan fingerprint density at radius 3 is 2.94 bits per heavy atom. The Bertz CT molecular complexity index is 415. The molecule has 2 rings (SSSR count). The minimum atomic E-state index is 0.752. The third-order valence-electron chi connectivity index (χ3n) is 3.46. The fraction of sp³-hybridized carbons (Fsp3) is 0.533. The monoisotopic (exact) mass is 262 g/mol. The van der Waals surface area contributed by atoms with Gasteiger partial charge in [-0.1, -0.05) is 25.5 Å². The first-order valence-corrected chi connectivity index (χ1v) is 7.37. The molecule has 0 saturated heterocycles. The van der Waals surface area contributed by atoms with Gasteiger partial charge in [-0.05, 0) is 61.5 Å². The lowest BCUT2D eigenvalue weighted by Crippen LogP contribution is -2.29. The van der Waals surface area contributed by atoms with E-state index in [1.54, 1.807) is 0 Å². The van der Waals surface area contributed by atoms with Crippen LogP contribution in [0, 0.1) is 0 Å². The van der Waals surface area contributed by atoms with Crippen molar-refractivity contribution < 1.29 is 0 Å². The average molecular weight is 262 g/mol.